The Morgan fingerprint density at radius 2 is 1.79 bits per heavy atom. The first kappa shape index (κ1) is 30.4. The van der Waals surface area contributed by atoms with Gasteiger partial charge in [0.05, 0.1) is 28.2 Å². The van der Waals surface area contributed by atoms with Crippen LogP contribution in [0.3, 0.4) is 0 Å². The number of allylic oxidation sites excluding steroid dienone is 3. The third kappa shape index (κ3) is 5.80. The Balaban J connectivity index is 1.68. The second kappa shape index (κ2) is 11.6. The van der Waals surface area contributed by atoms with E-state index in [-0.39, 0.29) is 33.3 Å². The minimum absolute atomic E-state index is 0.00707. The number of ketones is 1. The van der Waals surface area contributed by atoms with Crippen molar-refractivity contribution in [3.05, 3.63) is 120 Å². The highest BCUT2D eigenvalue weighted by molar-refractivity contribution is 7.98. The van der Waals surface area contributed by atoms with E-state index in [2.05, 4.69) is 43.3 Å². The molecule has 0 saturated heterocycles. The van der Waals surface area contributed by atoms with E-state index in [0.717, 1.165) is 32.9 Å². The van der Waals surface area contributed by atoms with Crippen molar-refractivity contribution < 1.29 is 9.72 Å². The Morgan fingerprint density at radius 1 is 1.09 bits per heavy atom. The van der Waals surface area contributed by atoms with E-state index in [0.29, 0.717) is 29.8 Å². The van der Waals surface area contributed by atoms with Crippen LogP contribution in [0.15, 0.2) is 82.2 Å². The molecule has 3 aromatic rings. The summed E-state index contributed by atoms with van der Waals surface area (Å²) in [4.78, 5) is 28.0. The maximum absolute atomic E-state index is 14.0. The van der Waals surface area contributed by atoms with Crippen molar-refractivity contribution in [2.24, 2.45) is 11.1 Å². The van der Waals surface area contributed by atoms with Gasteiger partial charge in [0, 0.05) is 34.4 Å². The van der Waals surface area contributed by atoms with Crippen molar-refractivity contribution >= 4 is 40.5 Å². The van der Waals surface area contributed by atoms with Crippen LogP contribution in [0.25, 0.3) is 0 Å². The van der Waals surface area contributed by atoms with Crippen molar-refractivity contribution in [2.45, 2.75) is 64.0 Å². The van der Waals surface area contributed by atoms with Gasteiger partial charge >= 0.3 is 0 Å². The maximum atomic E-state index is 14.0. The van der Waals surface area contributed by atoms with Crippen LogP contribution < -0.4 is 10.6 Å². The molecule has 0 spiro atoms. The molecule has 2 N–H and O–H groups in total. The van der Waals surface area contributed by atoms with Gasteiger partial charge in [-0.05, 0) is 73.6 Å². The minimum atomic E-state index is -0.648. The average Bonchev–Trinajstić information content (AvgIpc) is 2.93. The summed E-state index contributed by atoms with van der Waals surface area (Å²) in [5.41, 5.74) is 13.2. The van der Waals surface area contributed by atoms with Crippen molar-refractivity contribution in [1.82, 2.24) is 0 Å². The number of Topliss-reactive ketones (excluding diaryl/α,β-unsaturated/α-hetero) is 1. The number of anilines is 1. The van der Waals surface area contributed by atoms with E-state index >= 15 is 0 Å². The number of halogens is 1. The quantitative estimate of drug-likeness (QED) is 0.169. The Labute approximate surface area is 261 Å². The highest BCUT2D eigenvalue weighted by atomic mass is 35.5. The molecule has 0 bridgehead atoms. The second-order valence-corrected chi connectivity index (χ2v) is 13.6. The van der Waals surface area contributed by atoms with E-state index in [1.54, 1.807) is 22.7 Å². The fraction of sp³-hybridized carbons (Fsp3) is 0.294. The van der Waals surface area contributed by atoms with Crippen LogP contribution in [-0.4, -0.2) is 10.7 Å². The van der Waals surface area contributed by atoms with E-state index in [4.69, 9.17) is 17.3 Å². The molecular formula is C34H33ClN4O3S. The molecule has 5 rings (SSSR count). The molecule has 0 fully saturated rings. The molecule has 2 aliphatic rings. The van der Waals surface area contributed by atoms with Crippen LogP contribution in [0.1, 0.15) is 60.4 Å². The molecule has 1 heterocycles. The molecule has 1 atom stereocenters. The molecule has 43 heavy (non-hydrogen) atoms. The lowest BCUT2D eigenvalue weighted by molar-refractivity contribution is -0.384. The lowest BCUT2D eigenvalue weighted by Gasteiger charge is -2.44. The number of nitro benzene ring substituents is 1. The number of carbonyl (C=O) groups is 1. The minimum Gasteiger partial charge on any atom is -0.384 e. The van der Waals surface area contributed by atoms with Crippen molar-refractivity contribution in [1.29, 1.82) is 5.26 Å². The number of carbonyl (C=O) groups excluding carboxylic acids is 1. The van der Waals surface area contributed by atoms with Gasteiger partial charge in [-0.2, -0.15) is 5.26 Å². The molecule has 1 unspecified atom stereocenters. The summed E-state index contributed by atoms with van der Waals surface area (Å²) in [5.74, 6) is 0.182. The summed E-state index contributed by atoms with van der Waals surface area (Å²) in [6.07, 6.45) is 0.817. The van der Waals surface area contributed by atoms with Gasteiger partial charge in [0.15, 0.2) is 5.78 Å². The Bertz CT molecular complexity index is 1770. The summed E-state index contributed by atoms with van der Waals surface area (Å²) in [5, 5.41) is 22.3. The number of hydrogen-bond acceptors (Lipinski definition) is 7. The Kier molecular flexibility index (Phi) is 8.17. The monoisotopic (exact) mass is 612 g/mol. The topological polar surface area (TPSA) is 113 Å². The number of benzene rings is 3. The van der Waals surface area contributed by atoms with Crippen LogP contribution >= 0.6 is 23.4 Å². The number of thioether (sulfide) groups is 1. The van der Waals surface area contributed by atoms with E-state index in [1.165, 1.54) is 17.7 Å². The van der Waals surface area contributed by atoms with Crippen LogP contribution in [0.4, 0.5) is 11.4 Å². The van der Waals surface area contributed by atoms with Gasteiger partial charge in [-0.1, -0.05) is 60.8 Å². The van der Waals surface area contributed by atoms with Crippen LogP contribution in [-0.2, 0) is 10.5 Å². The first-order valence-corrected chi connectivity index (χ1v) is 15.4. The van der Waals surface area contributed by atoms with Gasteiger partial charge in [-0.15, -0.1) is 11.8 Å². The average molecular weight is 613 g/mol. The highest BCUT2D eigenvalue weighted by Crippen LogP contribution is 2.51. The van der Waals surface area contributed by atoms with Gasteiger partial charge in [0.25, 0.3) is 5.69 Å². The Morgan fingerprint density at radius 3 is 2.44 bits per heavy atom. The summed E-state index contributed by atoms with van der Waals surface area (Å²) in [7, 11) is 0. The smallest absolute Gasteiger partial charge is 0.289 e. The first-order chi connectivity index (χ1) is 20.3. The summed E-state index contributed by atoms with van der Waals surface area (Å²) < 4.78 is 0. The molecule has 3 aromatic carbocycles. The lowest BCUT2D eigenvalue weighted by Crippen LogP contribution is -2.42. The number of nitro groups is 1. The normalized spacial score (nSPS) is 18.0. The zero-order valence-corrected chi connectivity index (χ0v) is 26.4. The van der Waals surface area contributed by atoms with Gasteiger partial charge in [-0.3, -0.25) is 19.8 Å². The summed E-state index contributed by atoms with van der Waals surface area (Å²) in [6.45, 7) is 10.2. The van der Waals surface area contributed by atoms with Crippen LogP contribution in [0.5, 0.6) is 0 Å². The third-order valence-corrected chi connectivity index (χ3v) is 9.57. The standard InChI is InChI=1S/C34H33ClN4O3S/c1-19-6-9-24(10-7-19)43-18-22-12-20(2)13-25(21(22)3)31-26(17-36)33(37)38(23-8-11-27(35)28(14-23)39(41)42)29-15-34(4,5)16-30(40)32(29)31/h6-14,31H,15-16,18,37H2,1-5H3. The maximum Gasteiger partial charge on any atom is 0.289 e. The molecule has 1 aliphatic carbocycles. The fourth-order valence-corrected chi connectivity index (χ4v) is 7.24. The van der Waals surface area contributed by atoms with Gasteiger partial charge < -0.3 is 5.73 Å². The molecule has 0 radical (unpaired) electrons. The summed E-state index contributed by atoms with van der Waals surface area (Å²) in [6, 6.07) is 19.3. The third-order valence-electron chi connectivity index (χ3n) is 8.19. The molecule has 0 aromatic heterocycles. The SMILES string of the molecule is Cc1ccc(SCc2cc(C)cc(C3C(C#N)=C(N)N(c4ccc(Cl)c([N+](=O)[O-])c4)C4=C3C(=O)CC(C)(C)C4)c2C)cc1. The van der Waals surface area contributed by atoms with Gasteiger partial charge in [0.2, 0.25) is 0 Å². The lowest BCUT2D eigenvalue weighted by atomic mass is 9.68. The molecule has 1 aliphatic heterocycles. The van der Waals surface area contributed by atoms with Gasteiger partial charge in [0.1, 0.15) is 10.8 Å². The largest absolute Gasteiger partial charge is 0.384 e. The van der Waals surface area contributed by atoms with E-state index < -0.39 is 10.8 Å². The molecular weight excluding hydrogens is 580 g/mol. The predicted octanol–water partition coefficient (Wildman–Crippen LogP) is 8.41. The number of nitrogens with zero attached hydrogens (tertiary/aromatic N) is 3. The van der Waals surface area contributed by atoms with E-state index in [1.807, 2.05) is 33.8 Å². The molecule has 7 nitrogen and oxygen atoms in total. The number of nitrogens with two attached hydrogens (primary N) is 1. The van der Waals surface area contributed by atoms with E-state index in [9.17, 15) is 20.2 Å². The molecule has 9 heteroatoms. The number of nitriles is 1. The Hall–Kier alpha value is -4.06. The van der Waals surface area contributed by atoms with Gasteiger partial charge in [-0.25, -0.2) is 0 Å². The number of hydrogen-bond donors (Lipinski definition) is 1. The molecule has 220 valence electrons. The van der Waals surface area contributed by atoms with Crippen molar-refractivity contribution in [3.63, 3.8) is 0 Å². The van der Waals surface area contributed by atoms with Crippen molar-refractivity contribution in [2.75, 3.05) is 4.90 Å². The van der Waals surface area contributed by atoms with Crippen LogP contribution in [0.2, 0.25) is 5.02 Å². The highest BCUT2D eigenvalue weighted by Gasteiger charge is 2.45. The van der Waals surface area contributed by atoms with Crippen LogP contribution in [0, 0.1) is 47.6 Å². The summed E-state index contributed by atoms with van der Waals surface area (Å²) >= 11 is 7.86. The first-order valence-electron chi connectivity index (χ1n) is 14.0. The predicted molar refractivity (Wildman–Crippen MR) is 172 cm³/mol. The fourth-order valence-electron chi connectivity index (χ4n) is 6.10. The second-order valence-electron chi connectivity index (χ2n) is 12.1. The van der Waals surface area contributed by atoms with Crippen molar-refractivity contribution in [3.8, 4) is 6.07 Å². The molecule has 0 saturated carbocycles. The molecule has 0 amide bonds. The zero-order valence-electron chi connectivity index (χ0n) is 24.8. The number of rotatable bonds is 6. The zero-order chi connectivity index (χ0) is 31.2. The number of aryl methyl sites for hydroxylation is 2.